The number of nitrogens with zero attached hydrogens (tertiary/aromatic N) is 2. The maximum absolute atomic E-state index is 12.5. The molecule has 20 heavy (non-hydrogen) atoms. The molecule has 2 saturated heterocycles. The number of carbonyl (C=O) groups excluding carboxylic acids is 3. The molecule has 2 aliphatic rings. The first-order chi connectivity index (χ1) is 9.41. The van der Waals surface area contributed by atoms with Gasteiger partial charge >= 0.3 is 0 Å². The van der Waals surface area contributed by atoms with Crippen molar-refractivity contribution < 1.29 is 14.4 Å². The summed E-state index contributed by atoms with van der Waals surface area (Å²) in [6.45, 7) is 4.61. The van der Waals surface area contributed by atoms with E-state index in [-0.39, 0.29) is 29.8 Å². The Hall–Kier alpha value is -1.43. The maximum Gasteiger partial charge on any atom is 0.251 e. The van der Waals surface area contributed by atoms with Gasteiger partial charge in [-0.3, -0.25) is 19.3 Å². The number of hydrogen-bond donors (Lipinski definition) is 1. The van der Waals surface area contributed by atoms with E-state index in [0.29, 0.717) is 19.4 Å². The highest BCUT2D eigenvalue weighted by Crippen LogP contribution is 2.22. The van der Waals surface area contributed by atoms with E-state index in [9.17, 15) is 14.4 Å². The van der Waals surface area contributed by atoms with Crippen molar-refractivity contribution in [1.82, 2.24) is 15.1 Å². The first-order valence-electron chi connectivity index (χ1n) is 7.28. The molecule has 0 aromatic heterocycles. The minimum atomic E-state index is -0.470. The second kappa shape index (κ2) is 5.91. The molecule has 0 saturated carbocycles. The molecule has 2 aliphatic heterocycles. The number of nitrogens with one attached hydrogen (secondary N) is 1. The van der Waals surface area contributed by atoms with Crippen LogP contribution in [-0.2, 0) is 14.4 Å². The summed E-state index contributed by atoms with van der Waals surface area (Å²) in [5.41, 5.74) is 0. The van der Waals surface area contributed by atoms with Crippen molar-refractivity contribution in [2.45, 2.75) is 57.7 Å². The Labute approximate surface area is 119 Å². The second-order valence-corrected chi connectivity index (χ2v) is 5.89. The molecule has 2 atom stereocenters. The Bertz CT molecular complexity index is 422. The third kappa shape index (κ3) is 2.85. The van der Waals surface area contributed by atoms with Gasteiger partial charge in [0.15, 0.2) is 0 Å². The van der Waals surface area contributed by atoms with Crippen molar-refractivity contribution in [3.05, 3.63) is 0 Å². The predicted molar refractivity (Wildman–Crippen MR) is 73.8 cm³/mol. The molecule has 2 unspecified atom stereocenters. The molecule has 2 rings (SSSR count). The number of rotatable bonds is 3. The summed E-state index contributed by atoms with van der Waals surface area (Å²) in [7, 11) is 1.50. The van der Waals surface area contributed by atoms with Crippen LogP contribution in [0.5, 0.6) is 0 Å². The van der Waals surface area contributed by atoms with Gasteiger partial charge in [-0.15, -0.1) is 0 Å². The quantitative estimate of drug-likeness (QED) is 0.746. The molecule has 0 bridgehead atoms. The number of piperidine rings is 2. The smallest absolute Gasteiger partial charge is 0.251 e. The maximum atomic E-state index is 12.5. The van der Waals surface area contributed by atoms with Gasteiger partial charge in [-0.1, -0.05) is 13.8 Å². The van der Waals surface area contributed by atoms with Crippen LogP contribution in [0, 0.1) is 0 Å². The number of carbonyl (C=O) groups is 3. The van der Waals surface area contributed by atoms with Crippen molar-refractivity contribution in [1.29, 1.82) is 0 Å². The zero-order valence-electron chi connectivity index (χ0n) is 12.4. The molecule has 3 amide bonds. The number of imide groups is 1. The number of amides is 3. The van der Waals surface area contributed by atoms with Gasteiger partial charge in [-0.2, -0.15) is 0 Å². The minimum Gasteiger partial charge on any atom is -0.329 e. The van der Waals surface area contributed by atoms with Gasteiger partial charge in [-0.05, 0) is 19.3 Å². The third-order valence-electron chi connectivity index (χ3n) is 4.01. The Balaban J connectivity index is 2.09. The average Bonchev–Trinajstić information content (AvgIpc) is 2.39. The molecule has 0 spiro atoms. The van der Waals surface area contributed by atoms with E-state index in [2.05, 4.69) is 5.32 Å². The lowest BCUT2D eigenvalue weighted by Gasteiger charge is -2.40. The van der Waals surface area contributed by atoms with Gasteiger partial charge in [0.25, 0.3) is 5.91 Å². The zero-order valence-corrected chi connectivity index (χ0v) is 12.4. The summed E-state index contributed by atoms with van der Waals surface area (Å²) >= 11 is 0. The van der Waals surface area contributed by atoms with E-state index in [1.807, 2.05) is 13.8 Å². The summed E-state index contributed by atoms with van der Waals surface area (Å²) in [4.78, 5) is 39.0. The van der Waals surface area contributed by atoms with Crippen LogP contribution in [0.4, 0.5) is 0 Å². The fourth-order valence-corrected chi connectivity index (χ4v) is 2.95. The van der Waals surface area contributed by atoms with Crippen molar-refractivity contribution in [3.8, 4) is 0 Å². The van der Waals surface area contributed by atoms with Gasteiger partial charge in [-0.25, -0.2) is 0 Å². The average molecular weight is 281 g/mol. The van der Waals surface area contributed by atoms with Crippen LogP contribution in [0.3, 0.4) is 0 Å². The topological polar surface area (TPSA) is 69.7 Å². The van der Waals surface area contributed by atoms with Crippen LogP contribution in [0.2, 0.25) is 0 Å². The number of likely N-dealkylation sites (tertiary alicyclic amines) is 2. The lowest BCUT2D eigenvalue weighted by atomic mass is 9.97. The van der Waals surface area contributed by atoms with Crippen LogP contribution in [-0.4, -0.2) is 59.2 Å². The molecule has 0 radical (unpaired) electrons. The van der Waals surface area contributed by atoms with Gasteiger partial charge in [0.05, 0.1) is 6.04 Å². The van der Waals surface area contributed by atoms with Crippen LogP contribution in [0.25, 0.3) is 0 Å². The first-order valence-corrected chi connectivity index (χ1v) is 7.28. The minimum absolute atomic E-state index is 0.00829. The highest BCUT2D eigenvalue weighted by molar-refractivity contribution is 6.01. The fourth-order valence-electron chi connectivity index (χ4n) is 2.95. The lowest BCUT2D eigenvalue weighted by Crippen LogP contribution is -2.60. The van der Waals surface area contributed by atoms with Crippen molar-refractivity contribution in [2.24, 2.45) is 0 Å². The highest BCUT2D eigenvalue weighted by atomic mass is 16.2. The molecular formula is C14H23N3O3. The zero-order chi connectivity index (χ0) is 14.9. The molecule has 2 heterocycles. The van der Waals surface area contributed by atoms with Crippen LogP contribution >= 0.6 is 0 Å². The second-order valence-electron chi connectivity index (χ2n) is 5.89. The van der Waals surface area contributed by atoms with Crippen LogP contribution in [0.1, 0.15) is 39.5 Å². The van der Waals surface area contributed by atoms with E-state index in [0.717, 1.165) is 17.7 Å². The summed E-state index contributed by atoms with van der Waals surface area (Å²) in [5.74, 6) is -0.418. The molecular weight excluding hydrogens is 258 g/mol. The largest absolute Gasteiger partial charge is 0.329 e. The van der Waals surface area contributed by atoms with Crippen molar-refractivity contribution in [3.63, 3.8) is 0 Å². The lowest BCUT2D eigenvalue weighted by molar-refractivity contribution is -0.157. The number of hydrogen-bond acceptors (Lipinski definition) is 4. The molecule has 0 aromatic rings. The van der Waals surface area contributed by atoms with E-state index in [4.69, 9.17) is 0 Å². The summed E-state index contributed by atoms with van der Waals surface area (Å²) < 4.78 is 0. The Morgan fingerprint density at radius 3 is 2.50 bits per heavy atom. The van der Waals surface area contributed by atoms with E-state index >= 15 is 0 Å². The van der Waals surface area contributed by atoms with Crippen molar-refractivity contribution >= 4 is 17.7 Å². The fraction of sp³-hybridized carbons (Fsp3) is 0.786. The molecule has 112 valence electrons. The van der Waals surface area contributed by atoms with Crippen LogP contribution < -0.4 is 5.32 Å². The van der Waals surface area contributed by atoms with E-state index < -0.39 is 6.04 Å². The van der Waals surface area contributed by atoms with Crippen LogP contribution in [0.15, 0.2) is 0 Å². The molecule has 0 aromatic carbocycles. The van der Waals surface area contributed by atoms with Gasteiger partial charge in [0.2, 0.25) is 11.8 Å². The first kappa shape index (κ1) is 15.0. The monoisotopic (exact) mass is 281 g/mol. The molecule has 6 nitrogen and oxygen atoms in total. The predicted octanol–water partition coefficient (Wildman–Crippen LogP) is 0.123. The Kier molecular flexibility index (Phi) is 4.42. The van der Waals surface area contributed by atoms with Gasteiger partial charge in [0, 0.05) is 26.1 Å². The number of likely N-dealkylation sites (N-methyl/N-ethyl adjacent to an activating group) is 1. The molecule has 0 aliphatic carbocycles. The molecule has 2 fully saturated rings. The standard InChI is InChI=1S/C14H23N3O3/c1-9(2)15-10-5-4-8-17(13(10)19)11-6-7-12(18)16(3)14(11)20/h9-11,15H,4-8H2,1-3H3. The van der Waals surface area contributed by atoms with E-state index in [1.54, 1.807) is 4.90 Å². The van der Waals surface area contributed by atoms with Gasteiger partial charge < -0.3 is 10.2 Å². The summed E-state index contributed by atoms with van der Waals surface area (Å²) in [6, 6.07) is -0.448. The van der Waals surface area contributed by atoms with Crippen molar-refractivity contribution in [2.75, 3.05) is 13.6 Å². The van der Waals surface area contributed by atoms with E-state index in [1.165, 1.54) is 7.05 Å². The highest BCUT2D eigenvalue weighted by Gasteiger charge is 2.41. The summed E-state index contributed by atoms with van der Waals surface area (Å²) in [6.07, 6.45) is 2.47. The van der Waals surface area contributed by atoms with Gasteiger partial charge in [0.1, 0.15) is 6.04 Å². The SMILES string of the molecule is CC(C)NC1CCCN(C2CCC(=O)N(C)C2=O)C1=O. The molecule has 1 N–H and O–H groups in total. The third-order valence-corrected chi connectivity index (χ3v) is 4.01. The normalized spacial score (nSPS) is 28.5. The Morgan fingerprint density at radius 2 is 1.85 bits per heavy atom. The Morgan fingerprint density at radius 1 is 1.15 bits per heavy atom. The molecule has 6 heteroatoms. The summed E-state index contributed by atoms with van der Waals surface area (Å²) in [5, 5.41) is 3.25.